The van der Waals surface area contributed by atoms with Gasteiger partial charge in [-0.05, 0) is 36.8 Å². The zero-order valence-corrected chi connectivity index (χ0v) is 10.5. The van der Waals surface area contributed by atoms with Crippen LogP contribution in [0.1, 0.15) is 11.1 Å². The lowest BCUT2D eigenvalue weighted by Crippen LogP contribution is -1.84. The number of aryl methyl sites for hydroxylation is 1. The molecule has 0 spiro atoms. The van der Waals surface area contributed by atoms with E-state index in [0.29, 0.717) is 16.3 Å². The molecule has 0 atom stereocenters. The molecular formula is C14H12ClNO2. The summed E-state index contributed by atoms with van der Waals surface area (Å²) >= 11 is 5.95. The molecule has 0 bridgehead atoms. The van der Waals surface area contributed by atoms with Crippen molar-refractivity contribution in [2.75, 3.05) is 0 Å². The molecule has 0 amide bonds. The van der Waals surface area contributed by atoms with Gasteiger partial charge in [-0.15, -0.1) is 0 Å². The summed E-state index contributed by atoms with van der Waals surface area (Å²) in [6, 6.07) is 10.0. The van der Waals surface area contributed by atoms with Crippen LogP contribution in [-0.4, -0.2) is 16.4 Å². The Kier molecular flexibility index (Phi) is 3.53. The Balaban J connectivity index is 2.36. The minimum atomic E-state index is 0.0536. The number of hydrogen-bond donors (Lipinski definition) is 2. The highest BCUT2D eigenvalue weighted by Gasteiger charge is 2.04. The van der Waals surface area contributed by atoms with Crippen molar-refractivity contribution in [3.05, 3.63) is 52.5 Å². The predicted octanol–water partition coefficient (Wildman–Crippen LogP) is 3.81. The number of hydrogen-bond acceptors (Lipinski definition) is 3. The third kappa shape index (κ3) is 2.63. The first-order valence-electron chi connectivity index (χ1n) is 5.39. The molecule has 2 aromatic rings. The van der Waals surface area contributed by atoms with Gasteiger partial charge in [-0.2, -0.15) is 0 Å². The Labute approximate surface area is 110 Å². The highest BCUT2D eigenvalue weighted by molar-refractivity contribution is 6.33. The summed E-state index contributed by atoms with van der Waals surface area (Å²) in [5.41, 5.74) is 1.81. The maximum atomic E-state index is 9.70. The predicted molar refractivity (Wildman–Crippen MR) is 73.2 cm³/mol. The number of benzene rings is 2. The van der Waals surface area contributed by atoms with E-state index < -0.39 is 0 Å². The van der Waals surface area contributed by atoms with E-state index in [0.717, 1.165) is 5.56 Å². The van der Waals surface area contributed by atoms with Crippen LogP contribution < -0.4 is 0 Å². The van der Waals surface area contributed by atoms with E-state index in [2.05, 4.69) is 4.99 Å². The Bertz CT molecular complexity index is 588. The van der Waals surface area contributed by atoms with Gasteiger partial charge in [0.05, 0.1) is 10.6 Å². The van der Waals surface area contributed by atoms with Crippen LogP contribution in [0.5, 0.6) is 11.5 Å². The molecule has 0 aliphatic carbocycles. The summed E-state index contributed by atoms with van der Waals surface area (Å²) in [6.07, 6.45) is 1.43. The van der Waals surface area contributed by atoms with E-state index >= 15 is 0 Å². The fourth-order valence-corrected chi connectivity index (χ4v) is 1.75. The smallest absolute Gasteiger partial charge is 0.141 e. The third-order valence-electron chi connectivity index (χ3n) is 2.49. The molecule has 0 saturated carbocycles. The zero-order valence-electron chi connectivity index (χ0n) is 9.76. The molecule has 2 N–H and O–H groups in total. The standard InChI is InChI=1S/C14H12ClNO2/c1-9-5-6-12(14(18)7-9)16-8-10-11(15)3-2-4-13(10)17/h2-8,17-18H,1H3. The lowest BCUT2D eigenvalue weighted by Gasteiger charge is -2.02. The van der Waals surface area contributed by atoms with Gasteiger partial charge < -0.3 is 10.2 Å². The number of phenols is 2. The number of aliphatic imine (C=N–C) groups is 1. The van der Waals surface area contributed by atoms with Gasteiger partial charge in [0.1, 0.15) is 17.2 Å². The lowest BCUT2D eigenvalue weighted by molar-refractivity contribution is 0.474. The molecule has 0 radical (unpaired) electrons. The van der Waals surface area contributed by atoms with Crippen LogP contribution in [0.3, 0.4) is 0 Å². The van der Waals surface area contributed by atoms with E-state index in [1.54, 1.807) is 24.3 Å². The Morgan fingerprint density at radius 1 is 1.11 bits per heavy atom. The quantitative estimate of drug-likeness (QED) is 0.808. The monoisotopic (exact) mass is 261 g/mol. The highest BCUT2D eigenvalue weighted by Crippen LogP contribution is 2.28. The van der Waals surface area contributed by atoms with E-state index in [-0.39, 0.29) is 11.5 Å². The largest absolute Gasteiger partial charge is 0.507 e. The van der Waals surface area contributed by atoms with Crippen molar-refractivity contribution in [2.24, 2.45) is 4.99 Å². The first-order chi connectivity index (χ1) is 8.58. The second-order valence-corrected chi connectivity index (χ2v) is 4.33. The molecule has 0 aliphatic heterocycles. The van der Waals surface area contributed by atoms with Crippen LogP contribution >= 0.6 is 11.6 Å². The van der Waals surface area contributed by atoms with Gasteiger partial charge in [0, 0.05) is 6.21 Å². The van der Waals surface area contributed by atoms with Gasteiger partial charge in [0.25, 0.3) is 0 Å². The van der Waals surface area contributed by atoms with E-state index in [4.69, 9.17) is 11.6 Å². The van der Waals surface area contributed by atoms with Crippen LogP contribution in [0.4, 0.5) is 5.69 Å². The minimum absolute atomic E-state index is 0.0536. The molecule has 0 fully saturated rings. The summed E-state index contributed by atoms with van der Waals surface area (Å²) < 4.78 is 0. The Hall–Kier alpha value is -2.00. The van der Waals surface area contributed by atoms with Crippen molar-refractivity contribution in [1.82, 2.24) is 0 Å². The molecule has 3 nitrogen and oxygen atoms in total. The van der Waals surface area contributed by atoms with Gasteiger partial charge in [0.15, 0.2) is 0 Å². The molecule has 2 rings (SSSR count). The van der Waals surface area contributed by atoms with Gasteiger partial charge in [0.2, 0.25) is 0 Å². The molecule has 0 aliphatic rings. The Morgan fingerprint density at radius 3 is 2.56 bits per heavy atom. The lowest BCUT2D eigenvalue weighted by atomic mass is 10.2. The van der Waals surface area contributed by atoms with Crippen LogP contribution in [-0.2, 0) is 0 Å². The van der Waals surface area contributed by atoms with Crippen molar-refractivity contribution in [1.29, 1.82) is 0 Å². The summed E-state index contributed by atoms with van der Waals surface area (Å²) in [5, 5.41) is 19.8. The number of phenolic OH excluding ortho intramolecular Hbond substituents is 2. The Morgan fingerprint density at radius 2 is 1.89 bits per heavy atom. The first kappa shape index (κ1) is 12.5. The summed E-state index contributed by atoms with van der Waals surface area (Å²) in [6.45, 7) is 1.88. The van der Waals surface area contributed by atoms with Crippen molar-refractivity contribution in [2.45, 2.75) is 6.92 Å². The number of nitrogens with zero attached hydrogens (tertiary/aromatic N) is 1. The van der Waals surface area contributed by atoms with E-state index in [1.807, 2.05) is 13.0 Å². The van der Waals surface area contributed by atoms with Crippen molar-refractivity contribution in [3.8, 4) is 11.5 Å². The summed E-state index contributed by atoms with van der Waals surface area (Å²) in [5.74, 6) is 0.149. The average molecular weight is 262 g/mol. The molecular weight excluding hydrogens is 250 g/mol. The van der Waals surface area contributed by atoms with Gasteiger partial charge in [-0.3, -0.25) is 4.99 Å². The topological polar surface area (TPSA) is 52.8 Å². The second-order valence-electron chi connectivity index (χ2n) is 3.92. The number of rotatable bonds is 2. The van der Waals surface area contributed by atoms with E-state index in [9.17, 15) is 10.2 Å². The van der Waals surface area contributed by atoms with Crippen LogP contribution in [0.25, 0.3) is 0 Å². The average Bonchev–Trinajstić information content (AvgIpc) is 2.31. The van der Waals surface area contributed by atoms with Crippen LogP contribution in [0.15, 0.2) is 41.4 Å². The molecule has 0 aromatic heterocycles. The molecule has 0 unspecified atom stereocenters. The van der Waals surface area contributed by atoms with Crippen LogP contribution in [0.2, 0.25) is 5.02 Å². The number of halogens is 1. The molecule has 92 valence electrons. The summed E-state index contributed by atoms with van der Waals surface area (Å²) in [7, 11) is 0. The molecule has 0 saturated heterocycles. The molecule has 18 heavy (non-hydrogen) atoms. The van der Waals surface area contributed by atoms with Crippen molar-refractivity contribution < 1.29 is 10.2 Å². The van der Waals surface area contributed by atoms with Gasteiger partial charge in [-0.1, -0.05) is 23.7 Å². The highest BCUT2D eigenvalue weighted by atomic mass is 35.5. The number of aromatic hydroxyl groups is 2. The second kappa shape index (κ2) is 5.10. The minimum Gasteiger partial charge on any atom is -0.507 e. The van der Waals surface area contributed by atoms with Gasteiger partial charge >= 0.3 is 0 Å². The third-order valence-corrected chi connectivity index (χ3v) is 2.82. The fraction of sp³-hybridized carbons (Fsp3) is 0.0714. The van der Waals surface area contributed by atoms with Crippen LogP contribution in [0, 0.1) is 6.92 Å². The first-order valence-corrected chi connectivity index (χ1v) is 5.77. The molecule has 2 aromatic carbocycles. The molecule has 0 heterocycles. The van der Waals surface area contributed by atoms with E-state index in [1.165, 1.54) is 12.3 Å². The normalized spacial score (nSPS) is 11.0. The molecule has 4 heteroatoms. The maximum absolute atomic E-state index is 9.70. The fourth-order valence-electron chi connectivity index (χ4n) is 1.53. The van der Waals surface area contributed by atoms with Crippen molar-refractivity contribution in [3.63, 3.8) is 0 Å². The van der Waals surface area contributed by atoms with Crippen molar-refractivity contribution >= 4 is 23.5 Å². The zero-order chi connectivity index (χ0) is 13.1. The summed E-state index contributed by atoms with van der Waals surface area (Å²) in [4.78, 5) is 4.12. The SMILES string of the molecule is Cc1ccc(N=Cc2c(O)cccc2Cl)c(O)c1. The van der Waals surface area contributed by atoms with Gasteiger partial charge in [-0.25, -0.2) is 0 Å². The maximum Gasteiger partial charge on any atom is 0.141 e.